The van der Waals surface area contributed by atoms with Crippen molar-refractivity contribution in [1.82, 2.24) is 4.90 Å². The number of ether oxygens (including phenoxy) is 3. The predicted molar refractivity (Wildman–Crippen MR) is 119 cm³/mol. The number of nitrogens with one attached hydrogen (secondary N) is 1. The standard InChI is InChI=1S/C24H26N2O5/c1-5-14-26-23(27)21(16-8-11-18(29-4)12-9-16)22(24(26)28)25-17-10-13-19(30-6-2)20(15-17)31-7-3/h5,8-13,15,25H,1,6-7,14H2,2-4H3. The summed E-state index contributed by atoms with van der Waals surface area (Å²) in [5.74, 6) is 1.03. The first-order chi connectivity index (χ1) is 15.0. The van der Waals surface area contributed by atoms with Gasteiger partial charge >= 0.3 is 0 Å². The lowest BCUT2D eigenvalue weighted by Gasteiger charge is -2.15. The summed E-state index contributed by atoms with van der Waals surface area (Å²) in [7, 11) is 1.57. The summed E-state index contributed by atoms with van der Waals surface area (Å²) in [6, 6.07) is 12.3. The molecule has 0 fully saturated rings. The summed E-state index contributed by atoms with van der Waals surface area (Å²) in [5.41, 5.74) is 1.71. The van der Waals surface area contributed by atoms with Crippen LogP contribution < -0.4 is 19.5 Å². The van der Waals surface area contributed by atoms with E-state index in [-0.39, 0.29) is 18.1 Å². The van der Waals surface area contributed by atoms with Crippen molar-refractivity contribution in [3.63, 3.8) is 0 Å². The van der Waals surface area contributed by atoms with Gasteiger partial charge in [0.05, 0.1) is 25.9 Å². The van der Waals surface area contributed by atoms with Crippen molar-refractivity contribution in [2.45, 2.75) is 13.8 Å². The Labute approximate surface area is 181 Å². The highest BCUT2D eigenvalue weighted by Crippen LogP contribution is 2.34. The fourth-order valence-electron chi connectivity index (χ4n) is 3.29. The van der Waals surface area contributed by atoms with Gasteiger partial charge < -0.3 is 19.5 Å². The number of imide groups is 1. The van der Waals surface area contributed by atoms with E-state index in [1.807, 2.05) is 13.8 Å². The van der Waals surface area contributed by atoms with Gasteiger partial charge in [0.25, 0.3) is 11.8 Å². The minimum absolute atomic E-state index is 0.121. The average Bonchev–Trinajstić information content (AvgIpc) is 3.00. The van der Waals surface area contributed by atoms with Crippen LogP contribution in [0.3, 0.4) is 0 Å². The van der Waals surface area contributed by atoms with E-state index in [9.17, 15) is 9.59 Å². The van der Waals surface area contributed by atoms with Crippen LogP contribution in [0.4, 0.5) is 5.69 Å². The molecule has 3 rings (SSSR count). The van der Waals surface area contributed by atoms with Crippen molar-refractivity contribution in [1.29, 1.82) is 0 Å². The molecule has 7 nitrogen and oxygen atoms in total. The molecule has 0 saturated heterocycles. The Morgan fingerprint density at radius 2 is 1.65 bits per heavy atom. The van der Waals surface area contributed by atoms with Crippen molar-refractivity contribution in [3.05, 3.63) is 66.4 Å². The summed E-state index contributed by atoms with van der Waals surface area (Å²) < 4.78 is 16.5. The third kappa shape index (κ3) is 4.55. The van der Waals surface area contributed by atoms with Crippen molar-refractivity contribution in [2.24, 2.45) is 0 Å². The van der Waals surface area contributed by atoms with Gasteiger partial charge in [-0.1, -0.05) is 18.2 Å². The van der Waals surface area contributed by atoms with Crippen molar-refractivity contribution in [2.75, 3.05) is 32.2 Å². The van der Waals surface area contributed by atoms with Gasteiger partial charge in [0, 0.05) is 18.3 Å². The number of anilines is 1. The molecule has 1 aliphatic rings. The quantitative estimate of drug-likeness (QED) is 0.463. The minimum atomic E-state index is -0.414. The van der Waals surface area contributed by atoms with E-state index in [2.05, 4.69) is 11.9 Å². The molecule has 1 aliphatic heterocycles. The molecule has 0 radical (unpaired) electrons. The molecular formula is C24H26N2O5. The van der Waals surface area contributed by atoms with Gasteiger partial charge in [-0.05, 0) is 43.7 Å². The highest BCUT2D eigenvalue weighted by molar-refractivity contribution is 6.36. The molecule has 2 aromatic rings. The molecule has 0 saturated carbocycles. The summed E-state index contributed by atoms with van der Waals surface area (Å²) in [6.45, 7) is 8.52. The molecule has 7 heteroatoms. The number of hydrogen-bond donors (Lipinski definition) is 1. The number of amides is 2. The zero-order valence-electron chi connectivity index (χ0n) is 17.9. The fraction of sp³-hybridized carbons (Fsp3) is 0.250. The number of methoxy groups -OCH3 is 1. The maximum absolute atomic E-state index is 13.1. The van der Waals surface area contributed by atoms with Crippen LogP contribution in [0.25, 0.3) is 5.57 Å². The molecule has 0 bridgehead atoms. The molecule has 0 spiro atoms. The first kappa shape index (κ1) is 22.0. The molecule has 2 aromatic carbocycles. The average molecular weight is 422 g/mol. The lowest BCUT2D eigenvalue weighted by Crippen LogP contribution is -2.32. The number of carbonyl (C=O) groups excluding carboxylic acids is 2. The van der Waals surface area contributed by atoms with E-state index in [0.29, 0.717) is 47.3 Å². The van der Waals surface area contributed by atoms with Gasteiger partial charge in [-0.2, -0.15) is 0 Å². The smallest absolute Gasteiger partial charge is 0.278 e. The molecule has 0 unspecified atom stereocenters. The summed E-state index contributed by atoms with van der Waals surface area (Å²) in [6.07, 6.45) is 1.52. The molecule has 2 amide bonds. The zero-order valence-corrected chi connectivity index (χ0v) is 17.9. The highest BCUT2D eigenvalue weighted by atomic mass is 16.5. The number of hydrogen-bond acceptors (Lipinski definition) is 6. The molecule has 1 heterocycles. The molecule has 0 atom stereocenters. The van der Waals surface area contributed by atoms with Crippen molar-refractivity contribution < 1.29 is 23.8 Å². The second kappa shape index (κ2) is 9.84. The Kier molecular flexibility index (Phi) is 6.97. The van der Waals surface area contributed by atoms with Crippen LogP contribution in [-0.4, -0.2) is 43.6 Å². The maximum atomic E-state index is 13.1. The van der Waals surface area contributed by atoms with Crippen molar-refractivity contribution >= 4 is 23.1 Å². The summed E-state index contributed by atoms with van der Waals surface area (Å²) in [4.78, 5) is 27.3. The third-order valence-corrected chi connectivity index (χ3v) is 4.67. The highest BCUT2D eigenvalue weighted by Gasteiger charge is 2.38. The van der Waals surface area contributed by atoms with Gasteiger partial charge in [0.1, 0.15) is 11.4 Å². The second-order valence-electron chi connectivity index (χ2n) is 6.64. The lowest BCUT2D eigenvalue weighted by atomic mass is 10.0. The van der Waals surface area contributed by atoms with Gasteiger partial charge in [-0.25, -0.2) is 0 Å². The Hall–Kier alpha value is -3.74. The molecule has 162 valence electrons. The van der Waals surface area contributed by atoms with Gasteiger partial charge in [0.2, 0.25) is 0 Å². The first-order valence-corrected chi connectivity index (χ1v) is 10.1. The Balaban J connectivity index is 2.04. The Morgan fingerprint density at radius 1 is 0.968 bits per heavy atom. The SMILES string of the molecule is C=CCN1C(=O)C(Nc2ccc(OCC)c(OCC)c2)=C(c2ccc(OC)cc2)C1=O. The normalized spacial score (nSPS) is 13.5. The number of carbonyl (C=O) groups is 2. The molecule has 0 aliphatic carbocycles. The topological polar surface area (TPSA) is 77.1 Å². The van der Waals surface area contributed by atoms with E-state index in [0.717, 1.165) is 4.90 Å². The summed E-state index contributed by atoms with van der Waals surface area (Å²) >= 11 is 0. The van der Waals surface area contributed by atoms with E-state index < -0.39 is 5.91 Å². The second-order valence-corrected chi connectivity index (χ2v) is 6.64. The van der Waals surface area contributed by atoms with Crippen LogP contribution in [0.15, 0.2) is 60.8 Å². The molecule has 0 aromatic heterocycles. The van der Waals surface area contributed by atoms with Crippen LogP contribution in [0.2, 0.25) is 0 Å². The Bertz CT molecular complexity index is 1010. The largest absolute Gasteiger partial charge is 0.497 e. The van der Waals surface area contributed by atoms with E-state index in [1.165, 1.54) is 6.08 Å². The minimum Gasteiger partial charge on any atom is -0.497 e. The van der Waals surface area contributed by atoms with Gasteiger partial charge in [0.15, 0.2) is 11.5 Å². The predicted octanol–water partition coefficient (Wildman–Crippen LogP) is 3.87. The molecular weight excluding hydrogens is 396 g/mol. The fourth-order valence-corrected chi connectivity index (χ4v) is 3.29. The van der Waals surface area contributed by atoms with Crippen LogP contribution in [-0.2, 0) is 9.59 Å². The first-order valence-electron chi connectivity index (χ1n) is 10.1. The Morgan fingerprint density at radius 3 is 2.26 bits per heavy atom. The molecule has 31 heavy (non-hydrogen) atoms. The van der Waals surface area contributed by atoms with Crippen molar-refractivity contribution in [3.8, 4) is 17.2 Å². The van der Waals surface area contributed by atoms with E-state index in [4.69, 9.17) is 14.2 Å². The van der Waals surface area contributed by atoms with E-state index >= 15 is 0 Å². The van der Waals surface area contributed by atoms with Crippen LogP contribution in [0.5, 0.6) is 17.2 Å². The third-order valence-electron chi connectivity index (χ3n) is 4.67. The van der Waals surface area contributed by atoms with Crippen LogP contribution in [0.1, 0.15) is 19.4 Å². The van der Waals surface area contributed by atoms with Gasteiger partial charge in [-0.15, -0.1) is 6.58 Å². The van der Waals surface area contributed by atoms with E-state index in [1.54, 1.807) is 49.6 Å². The van der Waals surface area contributed by atoms with Gasteiger partial charge in [-0.3, -0.25) is 14.5 Å². The zero-order chi connectivity index (χ0) is 22.4. The van der Waals surface area contributed by atoms with Crippen LogP contribution >= 0.6 is 0 Å². The van der Waals surface area contributed by atoms with Crippen LogP contribution in [0, 0.1) is 0 Å². The summed E-state index contributed by atoms with van der Waals surface area (Å²) in [5, 5.41) is 3.12. The number of benzene rings is 2. The number of rotatable bonds is 10. The maximum Gasteiger partial charge on any atom is 0.278 e. The monoisotopic (exact) mass is 422 g/mol. The molecule has 1 N–H and O–H groups in total. The lowest BCUT2D eigenvalue weighted by molar-refractivity contribution is -0.136. The number of nitrogens with zero attached hydrogens (tertiary/aromatic N) is 1.